The van der Waals surface area contributed by atoms with Crippen LogP contribution >= 0.6 is 0 Å². The fraction of sp³-hybridized carbons (Fsp3) is 0.0870. The molecule has 0 aromatic heterocycles. The molecule has 6 heteroatoms. The van der Waals surface area contributed by atoms with E-state index in [4.69, 9.17) is 9.84 Å². The largest absolute Gasteiger partial charge is 0.478 e. The summed E-state index contributed by atoms with van der Waals surface area (Å²) in [5, 5.41) is 8.96. The summed E-state index contributed by atoms with van der Waals surface area (Å²) in [6.07, 6.45) is 0. The van der Waals surface area contributed by atoms with Gasteiger partial charge in [0, 0.05) is 0 Å². The van der Waals surface area contributed by atoms with Crippen LogP contribution in [0.3, 0.4) is 0 Å². The third-order valence-corrected chi connectivity index (χ3v) is 4.90. The van der Waals surface area contributed by atoms with Gasteiger partial charge in [-0.25, -0.2) is 4.79 Å². The molecule has 4 rings (SSSR count). The van der Waals surface area contributed by atoms with Crippen molar-refractivity contribution in [2.75, 3.05) is 0 Å². The van der Waals surface area contributed by atoms with Crippen LogP contribution in [0.15, 0.2) is 72.8 Å². The molecule has 1 aliphatic rings. The molecule has 3 aromatic rings. The molecular formula is C23H17NO5. The van der Waals surface area contributed by atoms with Crippen molar-refractivity contribution in [2.24, 2.45) is 0 Å². The first-order valence-corrected chi connectivity index (χ1v) is 9.04. The Kier molecular flexibility index (Phi) is 4.60. The van der Waals surface area contributed by atoms with Gasteiger partial charge in [-0.1, -0.05) is 30.3 Å². The van der Waals surface area contributed by atoms with Crippen LogP contribution in [0.2, 0.25) is 0 Å². The number of ether oxygens (including phenoxy) is 1. The van der Waals surface area contributed by atoms with Crippen molar-refractivity contribution in [3.8, 4) is 11.5 Å². The molecule has 1 heterocycles. The predicted molar refractivity (Wildman–Crippen MR) is 105 cm³/mol. The summed E-state index contributed by atoms with van der Waals surface area (Å²) in [5.74, 6) is -0.902. The van der Waals surface area contributed by atoms with Crippen molar-refractivity contribution in [1.82, 2.24) is 4.90 Å². The number of imide groups is 1. The minimum absolute atomic E-state index is 0.151. The van der Waals surface area contributed by atoms with E-state index in [1.807, 2.05) is 37.3 Å². The maximum absolute atomic E-state index is 12.9. The van der Waals surface area contributed by atoms with E-state index in [1.165, 1.54) is 29.2 Å². The topological polar surface area (TPSA) is 83.9 Å². The van der Waals surface area contributed by atoms with Crippen LogP contribution in [0.1, 0.15) is 49.6 Å². The van der Waals surface area contributed by atoms with E-state index < -0.39 is 12.0 Å². The summed E-state index contributed by atoms with van der Waals surface area (Å²) in [4.78, 5) is 37.9. The second-order valence-corrected chi connectivity index (χ2v) is 6.71. The van der Waals surface area contributed by atoms with E-state index in [9.17, 15) is 14.4 Å². The van der Waals surface area contributed by atoms with Gasteiger partial charge in [-0.05, 0) is 55.0 Å². The number of amides is 2. The Morgan fingerprint density at radius 2 is 1.48 bits per heavy atom. The monoisotopic (exact) mass is 387 g/mol. The number of nitrogens with zero attached hydrogens (tertiary/aromatic N) is 1. The van der Waals surface area contributed by atoms with Crippen LogP contribution in [-0.2, 0) is 0 Å². The van der Waals surface area contributed by atoms with Crippen molar-refractivity contribution in [3.63, 3.8) is 0 Å². The molecule has 1 atom stereocenters. The number of fused-ring (bicyclic) bond motifs is 1. The van der Waals surface area contributed by atoms with Crippen LogP contribution in [0.25, 0.3) is 0 Å². The van der Waals surface area contributed by atoms with Gasteiger partial charge in [-0.15, -0.1) is 0 Å². The molecule has 6 nitrogen and oxygen atoms in total. The second-order valence-electron chi connectivity index (χ2n) is 6.71. The highest BCUT2D eigenvalue weighted by atomic mass is 16.5. The van der Waals surface area contributed by atoms with E-state index >= 15 is 0 Å². The Balaban J connectivity index is 1.59. The number of hydrogen-bond donors (Lipinski definition) is 1. The second kappa shape index (κ2) is 7.24. The fourth-order valence-electron chi connectivity index (χ4n) is 3.34. The lowest BCUT2D eigenvalue weighted by molar-refractivity contribution is 0.0593. The number of aromatic carboxylic acids is 1. The predicted octanol–water partition coefficient (Wildman–Crippen LogP) is 4.53. The zero-order chi connectivity index (χ0) is 20.5. The lowest BCUT2D eigenvalue weighted by atomic mass is 10.1. The number of carboxylic acid groups (broad SMARTS) is 1. The molecule has 3 aromatic carbocycles. The SMILES string of the molecule is C[C@@H](c1ccccc1)N1C(=O)c2ccc(Oc3ccc(C(=O)O)cc3)cc2C1=O. The highest BCUT2D eigenvalue weighted by Crippen LogP contribution is 2.34. The Bertz CT molecular complexity index is 1110. The highest BCUT2D eigenvalue weighted by molar-refractivity contribution is 6.21. The molecule has 0 saturated heterocycles. The summed E-state index contributed by atoms with van der Waals surface area (Å²) in [6, 6.07) is 19.7. The van der Waals surface area contributed by atoms with Crippen molar-refractivity contribution < 1.29 is 24.2 Å². The molecule has 0 aliphatic carbocycles. The van der Waals surface area contributed by atoms with Crippen LogP contribution in [-0.4, -0.2) is 27.8 Å². The van der Waals surface area contributed by atoms with E-state index in [-0.39, 0.29) is 22.9 Å². The van der Waals surface area contributed by atoms with E-state index in [1.54, 1.807) is 18.2 Å². The zero-order valence-corrected chi connectivity index (χ0v) is 15.5. The number of rotatable bonds is 5. The Hall–Kier alpha value is -3.93. The molecule has 0 bridgehead atoms. The third-order valence-electron chi connectivity index (χ3n) is 4.90. The van der Waals surface area contributed by atoms with Gasteiger partial charge >= 0.3 is 5.97 Å². The number of carbonyl (C=O) groups excluding carboxylic acids is 2. The van der Waals surface area contributed by atoms with E-state index in [0.717, 1.165) is 5.56 Å². The zero-order valence-electron chi connectivity index (χ0n) is 15.5. The Labute approximate surface area is 167 Å². The quantitative estimate of drug-likeness (QED) is 0.650. The lowest BCUT2D eigenvalue weighted by Gasteiger charge is -2.22. The minimum Gasteiger partial charge on any atom is -0.478 e. The van der Waals surface area contributed by atoms with Crippen molar-refractivity contribution in [1.29, 1.82) is 0 Å². The molecule has 144 valence electrons. The molecule has 1 N–H and O–H groups in total. The first kappa shape index (κ1) is 18.4. The summed E-state index contributed by atoms with van der Waals surface area (Å²) in [7, 11) is 0. The number of benzene rings is 3. The molecule has 0 fully saturated rings. The summed E-state index contributed by atoms with van der Waals surface area (Å²) < 4.78 is 5.73. The Morgan fingerprint density at radius 3 is 2.14 bits per heavy atom. The Morgan fingerprint density at radius 1 is 0.862 bits per heavy atom. The molecule has 0 spiro atoms. The maximum Gasteiger partial charge on any atom is 0.335 e. The summed E-state index contributed by atoms with van der Waals surface area (Å²) in [6.45, 7) is 1.82. The van der Waals surface area contributed by atoms with Crippen molar-refractivity contribution in [3.05, 3.63) is 95.1 Å². The smallest absolute Gasteiger partial charge is 0.335 e. The number of carboxylic acids is 1. The first-order chi connectivity index (χ1) is 14.0. The van der Waals surface area contributed by atoms with Gasteiger partial charge in [-0.3, -0.25) is 14.5 Å². The van der Waals surface area contributed by atoms with Gasteiger partial charge in [0.25, 0.3) is 11.8 Å². The van der Waals surface area contributed by atoms with Gasteiger partial charge in [0.15, 0.2) is 0 Å². The molecule has 0 radical (unpaired) electrons. The van der Waals surface area contributed by atoms with Gasteiger partial charge in [0.1, 0.15) is 11.5 Å². The van der Waals surface area contributed by atoms with Crippen LogP contribution in [0.4, 0.5) is 0 Å². The van der Waals surface area contributed by atoms with Gasteiger partial charge in [0.2, 0.25) is 0 Å². The summed E-state index contributed by atoms with van der Waals surface area (Å²) in [5.41, 5.74) is 1.65. The molecule has 2 amide bonds. The van der Waals surface area contributed by atoms with Crippen LogP contribution < -0.4 is 4.74 Å². The average molecular weight is 387 g/mol. The van der Waals surface area contributed by atoms with E-state index in [2.05, 4.69) is 0 Å². The highest BCUT2D eigenvalue weighted by Gasteiger charge is 2.39. The first-order valence-electron chi connectivity index (χ1n) is 9.04. The molecule has 29 heavy (non-hydrogen) atoms. The fourth-order valence-corrected chi connectivity index (χ4v) is 3.34. The van der Waals surface area contributed by atoms with Gasteiger partial charge < -0.3 is 9.84 Å². The van der Waals surface area contributed by atoms with Crippen LogP contribution in [0, 0.1) is 0 Å². The normalized spacial score (nSPS) is 13.9. The maximum atomic E-state index is 12.9. The molecule has 1 aliphatic heterocycles. The lowest BCUT2D eigenvalue weighted by Crippen LogP contribution is -2.32. The van der Waals surface area contributed by atoms with Crippen molar-refractivity contribution >= 4 is 17.8 Å². The third kappa shape index (κ3) is 3.36. The van der Waals surface area contributed by atoms with Gasteiger partial charge in [0.05, 0.1) is 22.7 Å². The molecule has 0 saturated carbocycles. The summed E-state index contributed by atoms with van der Waals surface area (Å²) >= 11 is 0. The minimum atomic E-state index is -1.02. The number of hydrogen-bond acceptors (Lipinski definition) is 4. The standard InChI is InChI=1S/C23H17NO5/c1-14(15-5-3-2-4-6-15)24-21(25)19-12-11-18(13-20(19)22(24)26)29-17-9-7-16(8-10-17)23(27)28/h2-14H,1H3,(H,27,28)/t14-/m0/s1. The number of carbonyl (C=O) groups is 3. The van der Waals surface area contributed by atoms with Gasteiger partial charge in [-0.2, -0.15) is 0 Å². The molecule has 0 unspecified atom stereocenters. The van der Waals surface area contributed by atoms with E-state index in [0.29, 0.717) is 17.1 Å². The molecular weight excluding hydrogens is 370 g/mol. The van der Waals surface area contributed by atoms with Crippen LogP contribution in [0.5, 0.6) is 11.5 Å². The average Bonchev–Trinajstić information content (AvgIpc) is 2.98. The van der Waals surface area contributed by atoms with Crippen molar-refractivity contribution in [2.45, 2.75) is 13.0 Å².